The molecule has 0 radical (unpaired) electrons. The molecule has 3 aromatic heterocycles. The summed E-state index contributed by atoms with van der Waals surface area (Å²) in [5.74, 6) is 0.529. The van der Waals surface area contributed by atoms with Gasteiger partial charge < -0.3 is 9.84 Å². The molecule has 0 unspecified atom stereocenters. The average molecular weight is 344 g/mol. The fourth-order valence-electron chi connectivity index (χ4n) is 3.24. The van der Waals surface area contributed by atoms with Gasteiger partial charge in [0.15, 0.2) is 11.9 Å². The minimum atomic E-state index is -1.40. The molecule has 0 aromatic carbocycles. The Morgan fingerprint density at radius 3 is 3.08 bits per heavy atom. The zero-order chi connectivity index (χ0) is 17.6. The van der Waals surface area contributed by atoms with Crippen molar-refractivity contribution in [2.75, 3.05) is 0 Å². The van der Waals surface area contributed by atoms with E-state index in [1.165, 1.54) is 9.25 Å². The van der Waals surface area contributed by atoms with Crippen LogP contribution in [-0.2, 0) is 24.8 Å². The van der Waals surface area contributed by atoms with Gasteiger partial charge in [0.1, 0.15) is 5.82 Å². The fraction of sp³-hybridized carbons (Fsp3) is 0.400. The molecular weight excluding hydrogens is 328 g/mol. The largest absolute Gasteiger partial charge is 0.507 e. The Morgan fingerprint density at radius 2 is 2.28 bits per heavy atom. The summed E-state index contributed by atoms with van der Waals surface area (Å²) >= 11 is 0. The summed E-state index contributed by atoms with van der Waals surface area (Å²) in [6.45, 7) is 0.182. The van der Waals surface area contributed by atoms with Crippen molar-refractivity contribution in [3.8, 4) is 0 Å². The van der Waals surface area contributed by atoms with Crippen molar-refractivity contribution in [1.29, 1.82) is 0 Å². The molecule has 4 rings (SSSR count). The third kappa shape index (κ3) is 2.55. The number of carboxylic acid groups (broad SMARTS) is 1. The molecule has 0 saturated heterocycles. The highest BCUT2D eigenvalue weighted by Crippen LogP contribution is 2.23. The highest BCUT2D eigenvalue weighted by molar-refractivity contribution is 5.77. The standard InChI is InChI=1S/C15H16N6O4/c1-19-13-9(4-3-7-16-13)10(17-19)8-20-14(22)21-11(18-20)5-2-6-12(21)25-15(23)24/h3-4,7,12H,2,5-6,8H2,1H3,(H,23,24)/t12-/m0/s1. The first-order chi connectivity index (χ1) is 12.0. The molecule has 130 valence electrons. The molecule has 3 aromatic rings. The van der Waals surface area contributed by atoms with Gasteiger partial charge in [-0.25, -0.2) is 23.8 Å². The fourth-order valence-corrected chi connectivity index (χ4v) is 3.24. The Hall–Kier alpha value is -3.17. The summed E-state index contributed by atoms with van der Waals surface area (Å²) in [4.78, 5) is 27.8. The molecule has 0 amide bonds. The van der Waals surface area contributed by atoms with E-state index in [9.17, 15) is 9.59 Å². The van der Waals surface area contributed by atoms with Gasteiger partial charge in [-0.15, -0.1) is 0 Å². The van der Waals surface area contributed by atoms with Gasteiger partial charge in [-0.05, 0) is 18.6 Å². The summed E-state index contributed by atoms with van der Waals surface area (Å²) in [6.07, 6.45) is 1.23. The third-order valence-electron chi connectivity index (χ3n) is 4.29. The number of nitrogens with zero attached hydrogens (tertiary/aromatic N) is 6. The van der Waals surface area contributed by atoms with Crippen molar-refractivity contribution in [3.05, 3.63) is 40.3 Å². The predicted octanol–water partition coefficient (Wildman–Crippen LogP) is 0.904. The monoisotopic (exact) mass is 344 g/mol. The first-order valence-electron chi connectivity index (χ1n) is 7.89. The van der Waals surface area contributed by atoms with Crippen LogP contribution in [0.1, 0.15) is 30.6 Å². The molecule has 1 N–H and O–H groups in total. The van der Waals surface area contributed by atoms with E-state index in [4.69, 9.17) is 9.84 Å². The number of ether oxygens (including phenoxy) is 1. The number of fused-ring (bicyclic) bond motifs is 2. The van der Waals surface area contributed by atoms with E-state index in [0.717, 1.165) is 11.0 Å². The van der Waals surface area contributed by atoms with Crippen LogP contribution in [0.3, 0.4) is 0 Å². The molecule has 0 spiro atoms. The highest BCUT2D eigenvalue weighted by Gasteiger charge is 2.28. The van der Waals surface area contributed by atoms with Crippen LogP contribution in [0.4, 0.5) is 4.79 Å². The Morgan fingerprint density at radius 1 is 1.44 bits per heavy atom. The van der Waals surface area contributed by atoms with Crippen LogP contribution in [0.25, 0.3) is 11.0 Å². The van der Waals surface area contributed by atoms with E-state index in [-0.39, 0.29) is 6.54 Å². The number of hydrogen-bond acceptors (Lipinski definition) is 6. The Kier molecular flexibility index (Phi) is 3.52. The smallest absolute Gasteiger partial charge is 0.450 e. The molecule has 1 atom stereocenters. The SMILES string of the molecule is Cn1nc(Cn2nc3n(c2=O)[C@@H](OC(=O)O)CCC3)c2cccnc21. The van der Waals surface area contributed by atoms with Crippen molar-refractivity contribution in [1.82, 2.24) is 29.1 Å². The summed E-state index contributed by atoms with van der Waals surface area (Å²) in [5, 5.41) is 18.5. The third-order valence-corrected chi connectivity index (χ3v) is 4.29. The second kappa shape index (κ2) is 5.72. The van der Waals surface area contributed by atoms with Gasteiger partial charge in [0, 0.05) is 31.5 Å². The molecule has 0 bridgehead atoms. The Bertz CT molecular complexity index is 1020. The second-order valence-electron chi connectivity index (χ2n) is 5.90. The molecular formula is C15H16N6O4. The number of pyridine rings is 1. The van der Waals surface area contributed by atoms with E-state index in [0.29, 0.717) is 30.8 Å². The zero-order valence-corrected chi connectivity index (χ0v) is 13.5. The molecule has 1 aliphatic rings. The maximum absolute atomic E-state index is 12.7. The number of carbonyl (C=O) groups is 1. The summed E-state index contributed by atoms with van der Waals surface area (Å²) in [5.41, 5.74) is 1.00. The topological polar surface area (TPSA) is 117 Å². The quantitative estimate of drug-likeness (QED) is 0.702. The first-order valence-corrected chi connectivity index (χ1v) is 7.89. The zero-order valence-electron chi connectivity index (χ0n) is 13.5. The molecule has 25 heavy (non-hydrogen) atoms. The molecule has 4 heterocycles. The first kappa shape index (κ1) is 15.4. The average Bonchev–Trinajstić information content (AvgIpc) is 3.07. The van der Waals surface area contributed by atoms with Crippen LogP contribution in [0.2, 0.25) is 0 Å². The minimum absolute atomic E-state index is 0.182. The van der Waals surface area contributed by atoms with Gasteiger partial charge >= 0.3 is 11.8 Å². The van der Waals surface area contributed by atoms with Gasteiger partial charge in [0.25, 0.3) is 0 Å². The maximum Gasteiger partial charge on any atom is 0.507 e. The summed E-state index contributed by atoms with van der Waals surface area (Å²) in [6, 6.07) is 3.70. The van der Waals surface area contributed by atoms with Gasteiger partial charge in [-0.3, -0.25) is 4.68 Å². The lowest BCUT2D eigenvalue weighted by Gasteiger charge is -2.21. The lowest BCUT2D eigenvalue weighted by Crippen LogP contribution is -2.33. The highest BCUT2D eigenvalue weighted by atomic mass is 16.7. The van der Waals surface area contributed by atoms with Crippen LogP contribution >= 0.6 is 0 Å². The van der Waals surface area contributed by atoms with Gasteiger partial charge in [0.2, 0.25) is 0 Å². The van der Waals surface area contributed by atoms with Crippen LogP contribution in [0.15, 0.2) is 23.1 Å². The molecule has 1 aliphatic heterocycles. The van der Waals surface area contributed by atoms with Gasteiger partial charge in [-0.2, -0.15) is 10.2 Å². The van der Waals surface area contributed by atoms with Gasteiger partial charge in [0.05, 0.1) is 12.2 Å². The van der Waals surface area contributed by atoms with Crippen molar-refractivity contribution in [3.63, 3.8) is 0 Å². The van der Waals surface area contributed by atoms with Crippen molar-refractivity contribution < 1.29 is 14.6 Å². The molecule has 0 fully saturated rings. The van der Waals surface area contributed by atoms with Crippen LogP contribution in [-0.4, -0.2) is 40.4 Å². The Balaban J connectivity index is 1.74. The molecule has 10 heteroatoms. The van der Waals surface area contributed by atoms with Crippen molar-refractivity contribution >= 4 is 17.2 Å². The normalized spacial score (nSPS) is 16.8. The Labute approximate surface area is 141 Å². The molecule has 10 nitrogen and oxygen atoms in total. The van der Waals surface area contributed by atoms with Crippen LogP contribution in [0, 0.1) is 0 Å². The van der Waals surface area contributed by atoms with E-state index in [1.54, 1.807) is 17.9 Å². The molecule has 0 saturated carbocycles. The van der Waals surface area contributed by atoms with Crippen LogP contribution < -0.4 is 5.69 Å². The number of hydrogen-bond donors (Lipinski definition) is 1. The van der Waals surface area contributed by atoms with E-state index in [1.807, 2.05) is 12.1 Å². The van der Waals surface area contributed by atoms with Crippen molar-refractivity contribution in [2.24, 2.45) is 7.05 Å². The second-order valence-corrected chi connectivity index (χ2v) is 5.90. The van der Waals surface area contributed by atoms with Crippen LogP contribution in [0.5, 0.6) is 0 Å². The summed E-state index contributed by atoms with van der Waals surface area (Å²) in [7, 11) is 1.79. The number of aryl methyl sites for hydroxylation is 2. The molecule has 0 aliphatic carbocycles. The number of rotatable bonds is 3. The van der Waals surface area contributed by atoms with E-state index >= 15 is 0 Å². The van der Waals surface area contributed by atoms with Crippen molar-refractivity contribution in [2.45, 2.75) is 32.0 Å². The maximum atomic E-state index is 12.7. The van der Waals surface area contributed by atoms with E-state index in [2.05, 4.69) is 15.2 Å². The lowest BCUT2D eigenvalue weighted by atomic mass is 10.1. The lowest BCUT2D eigenvalue weighted by molar-refractivity contribution is 0.00392. The van der Waals surface area contributed by atoms with Gasteiger partial charge in [-0.1, -0.05) is 0 Å². The minimum Gasteiger partial charge on any atom is -0.450 e. The van der Waals surface area contributed by atoms with E-state index < -0.39 is 18.1 Å². The number of aromatic nitrogens is 6. The predicted molar refractivity (Wildman–Crippen MR) is 85.2 cm³/mol. The summed E-state index contributed by atoms with van der Waals surface area (Å²) < 4.78 is 9.11.